The molecule has 3 aromatic rings. The third-order valence-corrected chi connectivity index (χ3v) is 6.81. The van der Waals surface area contributed by atoms with E-state index in [-0.39, 0.29) is 24.7 Å². The van der Waals surface area contributed by atoms with Gasteiger partial charge in [0.05, 0.1) is 26.4 Å². The lowest BCUT2D eigenvalue weighted by Crippen LogP contribution is -2.25. The molecule has 0 unspecified atom stereocenters. The van der Waals surface area contributed by atoms with Gasteiger partial charge < -0.3 is 33.5 Å². The van der Waals surface area contributed by atoms with E-state index in [0.29, 0.717) is 36.2 Å². The highest BCUT2D eigenvalue weighted by molar-refractivity contribution is 5.45. The zero-order valence-corrected chi connectivity index (χ0v) is 23.5. The molecule has 0 aliphatic carbocycles. The predicted molar refractivity (Wildman–Crippen MR) is 151 cm³/mol. The van der Waals surface area contributed by atoms with Gasteiger partial charge in [-0.05, 0) is 52.8 Å². The van der Waals surface area contributed by atoms with E-state index in [1.54, 1.807) is 39.5 Å². The van der Waals surface area contributed by atoms with Crippen LogP contribution in [-0.2, 0) is 16.1 Å². The van der Waals surface area contributed by atoms with Crippen LogP contribution in [0.1, 0.15) is 42.7 Å². The highest BCUT2D eigenvalue weighted by atomic mass is 16.7. The maximum absolute atomic E-state index is 11.3. The molecule has 0 aromatic heterocycles. The van der Waals surface area contributed by atoms with Crippen molar-refractivity contribution in [3.05, 3.63) is 96.1 Å². The molecule has 0 heterocycles. The van der Waals surface area contributed by atoms with Crippen LogP contribution in [0.5, 0.6) is 23.0 Å². The van der Waals surface area contributed by atoms with Crippen molar-refractivity contribution in [1.82, 2.24) is 0 Å². The summed E-state index contributed by atoms with van der Waals surface area (Å²) in [5.41, 5.74) is 2.69. The predicted octanol–water partition coefficient (Wildman–Crippen LogP) is 6.52. The largest absolute Gasteiger partial charge is 0.493 e. The quantitative estimate of drug-likeness (QED) is 0.165. The minimum atomic E-state index is -0.772. The van der Waals surface area contributed by atoms with Crippen LogP contribution in [-0.4, -0.2) is 39.8 Å². The van der Waals surface area contributed by atoms with Crippen LogP contribution in [0.2, 0.25) is 0 Å². The van der Waals surface area contributed by atoms with E-state index in [2.05, 4.69) is 13.5 Å². The second-order valence-corrected chi connectivity index (χ2v) is 9.35. The molecular formula is C32H40O7. The number of aliphatic hydroxyl groups excluding tert-OH is 1. The summed E-state index contributed by atoms with van der Waals surface area (Å²) in [6.07, 6.45) is 0.526. The molecule has 7 heteroatoms. The van der Waals surface area contributed by atoms with Crippen molar-refractivity contribution in [2.75, 3.05) is 34.7 Å². The highest BCUT2D eigenvalue weighted by Gasteiger charge is 2.31. The van der Waals surface area contributed by atoms with E-state index in [1.807, 2.05) is 61.5 Å². The van der Waals surface area contributed by atoms with Crippen molar-refractivity contribution >= 4 is 0 Å². The summed E-state index contributed by atoms with van der Waals surface area (Å²) in [7, 11) is 4.78. The lowest BCUT2D eigenvalue weighted by atomic mass is 9.81. The molecule has 0 spiro atoms. The van der Waals surface area contributed by atoms with Crippen LogP contribution in [0.3, 0.4) is 0 Å². The topological polar surface area (TPSA) is 75.6 Å². The lowest BCUT2D eigenvalue weighted by molar-refractivity contribution is -0.106. The van der Waals surface area contributed by atoms with Gasteiger partial charge in [0, 0.05) is 7.11 Å². The number of rotatable bonds is 16. The minimum absolute atomic E-state index is 0.0985. The molecule has 0 fully saturated rings. The van der Waals surface area contributed by atoms with Crippen molar-refractivity contribution in [3.8, 4) is 23.0 Å². The Morgan fingerprint density at radius 3 is 2.00 bits per heavy atom. The van der Waals surface area contributed by atoms with E-state index < -0.39 is 6.10 Å². The van der Waals surface area contributed by atoms with Crippen molar-refractivity contribution in [3.63, 3.8) is 0 Å². The SMILES string of the molecule is C=CCOc1ccc([C@H](O)[C@H](C)[C@@H](C)[C@@H](OCOC)c2ccc(OCc3ccccc3)c(OC)c2)cc1OC. The lowest BCUT2D eigenvalue weighted by Gasteiger charge is -2.32. The van der Waals surface area contributed by atoms with Crippen LogP contribution in [0.25, 0.3) is 0 Å². The molecule has 210 valence electrons. The summed E-state index contributed by atoms with van der Waals surface area (Å²) < 4.78 is 34.2. The fourth-order valence-electron chi connectivity index (χ4n) is 4.41. The Kier molecular flexibility index (Phi) is 11.7. The van der Waals surface area contributed by atoms with Gasteiger partial charge in [-0.1, -0.05) is 69.0 Å². The first-order valence-electron chi connectivity index (χ1n) is 13.0. The molecule has 0 aliphatic heterocycles. The third-order valence-electron chi connectivity index (χ3n) is 6.81. The summed E-state index contributed by atoms with van der Waals surface area (Å²) in [6.45, 7) is 8.64. The van der Waals surface area contributed by atoms with Crippen LogP contribution in [0.15, 0.2) is 79.4 Å². The maximum Gasteiger partial charge on any atom is 0.161 e. The maximum atomic E-state index is 11.3. The van der Waals surface area contributed by atoms with Crippen LogP contribution < -0.4 is 18.9 Å². The molecule has 0 amide bonds. The average molecular weight is 537 g/mol. The average Bonchev–Trinajstić information content (AvgIpc) is 2.98. The number of hydrogen-bond acceptors (Lipinski definition) is 7. The fraction of sp³-hybridized carbons (Fsp3) is 0.375. The van der Waals surface area contributed by atoms with Gasteiger partial charge in [0.15, 0.2) is 23.0 Å². The normalized spacial score (nSPS) is 14.1. The van der Waals surface area contributed by atoms with Crippen molar-refractivity contribution in [2.24, 2.45) is 11.8 Å². The molecule has 3 rings (SSSR count). The van der Waals surface area contributed by atoms with Gasteiger partial charge in [-0.2, -0.15) is 0 Å². The van der Waals surface area contributed by atoms with Gasteiger partial charge in [0.2, 0.25) is 0 Å². The monoisotopic (exact) mass is 536 g/mol. The van der Waals surface area contributed by atoms with Gasteiger partial charge in [0.1, 0.15) is 20.0 Å². The van der Waals surface area contributed by atoms with E-state index in [9.17, 15) is 5.11 Å². The van der Waals surface area contributed by atoms with Gasteiger partial charge in [-0.15, -0.1) is 0 Å². The summed E-state index contributed by atoms with van der Waals surface area (Å²) in [5.74, 6) is 2.11. The van der Waals surface area contributed by atoms with Crippen molar-refractivity contribution < 1.29 is 33.5 Å². The Labute approximate surface area is 231 Å². The number of benzene rings is 3. The van der Waals surface area contributed by atoms with Crippen molar-refractivity contribution in [1.29, 1.82) is 0 Å². The zero-order chi connectivity index (χ0) is 28.2. The molecule has 1 N–H and O–H groups in total. The molecular weight excluding hydrogens is 496 g/mol. The van der Waals surface area contributed by atoms with E-state index in [4.69, 9.17) is 28.4 Å². The fourth-order valence-corrected chi connectivity index (χ4v) is 4.41. The molecule has 0 saturated carbocycles. The Balaban J connectivity index is 1.81. The molecule has 0 saturated heterocycles. The van der Waals surface area contributed by atoms with Crippen LogP contribution in [0, 0.1) is 11.8 Å². The summed E-state index contributed by atoms with van der Waals surface area (Å²) in [4.78, 5) is 0. The first-order chi connectivity index (χ1) is 18.9. The molecule has 39 heavy (non-hydrogen) atoms. The second kappa shape index (κ2) is 15.2. The van der Waals surface area contributed by atoms with Crippen molar-refractivity contribution in [2.45, 2.75) is 32.7 Å². The summed E-state index contributed by atoms with van der Waals surface area (Å²) >= 11 is 0. The highest BCUT2D eigenvalue weighted by Crippen LogP contribution is 2.41. The standard InChI is InChI=1S/C32H40O7/c1-7-17-37-27-15-13-25(18-29(27)35-5)31(33)22(2)23(3)32(39-21-34-4)26-14-16-28(30(19-26)36-6)38-20-24-11-9-8-10-12-24/h7-16,18-19,22-23,31-33H,1,17,20-21H2,2-6H3/t22-,23-,31-,32-/m1/s1. The smallest absolute Gasteiger partial charge is 0.161 e. The first kappa shape index (κ1) is 30.0. The summed E-state index contributed by atoms with van der Waals surface area (Å²) in [5, 5.41) is 11.3. The van der Waals surface area contributed by atoms with E-state index in [1.165, 1.54) is 0 Å². The van der Waals surface area contributed by atoms with Crippen LogP contribution >= 0.6 is 0 Å². The van der Waals surface area contributed by atoms with Gasteiger partial charge >= 0.3 is 0 Å². The van der Waals surface area contributed by atoms with E-state index in [0.717, 1.165) is 16.7 Å². The van der Waals surface area contributed by atoms with Gasteiger partial charge in [-0.25, -0.2) is 0 Å². The summed E-state index contributed by atoms with van der Waals surface area (Å²) in [6, 6.07) is 21.2. The number of ether oxygens (including phenoxy) is 6. The number of methoxy groups -OCH3 is 3. The molecule has 0 radical (unpaired) electrons. The molecule has 3 aromatic carbocycles. The second-order valence-electron chi connectivity index (χ2n) is 9.35. The number of aliphatic hydroxyl groups is 1. The minimum Gasteiger partial charge on any atom is -0.493 e. The molecule has 7 nitrogen and oxygen atoms in total. The Morgan fingerprint density at radius 1 is 0.769 bits per heavy atom. The Hall–Kier alpha value is -3.52. The third kappa shape index (κ3) is 7.99. The van der Waals surface area contributed by atoms with Crippen LogP contribution in [0.4, 0.5) is 0 Å². The zero-order valence-electron chi connectivity index (χ0n) is 23.5. The van der Waals surface area contributed by atoms with Gasteiger partial charge in [0.25, 0.3) is 0 Å². The Bertz CT molecular complexity index is 1160. The molecule has 0 bridgehead atoms. The first-order valence-corrected chi connectivity index (χ1v) is 13.0. The van der Waals surface area contributed by atoms with Gasteiger partial charge in [-0.3, -0.25) is 0 Å². The molecule has 4 atom stereocenters. The molecule has 0 aliphatic rings. The van der Waals surface area contributed by atoms with E-state index >= 15 is 0 Å². The number of hydrogen-bond donors (Lipinski definition) is 1. The Morgan fingerprint density at radius 2 is 1.38 bits per heavy atom.